The molecule has 0 unspecified atom stereocenters. The fourth-order valence-electron chi connectivity index (χ4n) is 3.37. The quantitative estimate of drug-likeness (QED) is 0.708. The van der Waals surface area contributed by atoms with E-state index in [1.807, 2.05) is 0 Å². The fourth-order valence-corrected chi connectivity index (χ4v) is 3.37. The molecular weight excluding hydrogens is 371 g/mol. The maximum absolute atomic E-state index is 13.2. The number of anilines is 1. The third kappa shape index (κ3) is 3.45. The Morgan fingerprint density at radius 1 is 1.11 bits per heavy atom. The number of para-hydroxylation sites is 2. The lowest BCUT2D eigenvalue weighted by Crippen LogP contribution is -2.16. The first-order chi connectivity index (χ1) is 13.5. The highest BCUT2D eigenvalue weighted by atomic mass is 19.3. The minimum atomic E-state index is -3.00. The number of ether oxygens (including phenoxy) is 1. The van der Waals surface area contributed by atoms with Crippen LogP contribution in [0.25, 0.3) is 5.69 Å². The predicted octanol–water partition coefficient (Wildman–Crippen LogP) is 4.35. The standard InChI is InChI=1S/C20H16F3N3O2/c21-12-8-10-13(11-9-12)26-16-6-3-4-14(16)18(25-26)19(27)24-15-5-1-2-7-17(15)28-20(22)23/h1-2,5,7-11,20H,3-4,6H2,(H,24,27). The van der Waals surface area contributed by atoms with Gasteiger partial charge in [0.1, 0.15) is 11.6 Å². The normalized spacial score (nSPS) is 12.9. The Bertz CT molecular complexity index is 1020. The molecule has 0 aliphatic heterocycles. The van der Waals surface area contributed by atoms with Gasteiger partial charge in [-0.3, -0.25) is 4.79 Å². The fraction of sp³-hybridized carbons (Fsp3) is 0.200. The number of hydrogen-bond donors (Lipinski definition) is 1. The van der Waals surface area contributed by atoms with Crippen LogP contribution in [0.5, 0.6) is 5.75 Å². The Morgan fingerprint density at radius 2 is 1.86 bits per heavy atom. The summed E-state index contributed by atoms with van der Waals surface area (Å²) in [5, 5.41) is 7.01. The number of nitrogens with one attached hydrogen (secondary N) is 1. The third-order valence-electron chi connectivity index (χ3n) is 4.57. The van der Waals surface area contributed by atoms with E-state index in [2.05, 4.69) is 15.2 Å². The van der Waals surface area contributed by atoms with E-state index in [9.17, 15) is 18.0 Å². The molecule has 0 saturated carbocycles. The van der Waals surface area contributed by atoms with Gasteiger partial charge in [-0.05, 0) is 55.7 Å². The first-order valence-electron chi connectivity index (χ1n) is 8.75. The molecule has 2 aromatic carbocycles. The monoisotopic (exact) mass is 387 g/mol. The smallest absolute Gasteiger partial charge is 0.387 e. The van der Waals surface area contributed by atoms with Gasteiger partial charge in [0, 0.05) is 11.3 Å². The van der Waals surface area contributed by atoms with Crippen LogP contribution in [0.2, 0.25) is 0 Å². The number of benzene rings is 2. The van der Waals surface area contributed by atoms with Gasteiger partial charge in [-0.2, -0.15) is 13.9 Å². The highest BCUT2D eigenvalue weighted by Gasteiger charge is 2.27. The van der Waals surface area contributed by atoms with Crippen LogP contribution in [0, 0.1) is 5.82 Å². The Hall–Kier alpha value is -3.29. The van der Waals surface area contributed by atoms with Crippen LogP contribution in [0.15, 0.2) is 48.5 Å². The molecule has 0 radical (unpaired) electrons. The summed E-state index contributed by atoms with van der Waals surface area (Å²) in [7, 11) is 0. The zero-order chi connectivity index (χ0) is 19.7. The molecule has 3 aromatic rings. The molecule has 1 aliphatic rings. The van der Waals surface area contributed by atoms with E-state index in [0.717, 1.165) is 24.1 Å². The van der Waals surface area contributed by atoms with Gasteiger partial charge in [0.25, 0.3) is 5.91 Å². The van der Waals surface area contributed by atoms with Crippen molar-refractivity contribution >= 4 is 11.6 Å². The summed E-state index contributed by atoms with van der Waals surface area (Å²) in [5.74, 6) is -0.994. The Labute approximate surface area is 158 Å². The number of nitrogens with zero attached hydrogens (tertiary/aromatic N) is 2. The molecule has 0 fully saturated rings. The van der Waals surface area contributed by atoms with Crippen LogP contribution in [0.3, 0.4) is 0 Å². The third-order valence-corrected chi connectivity index (χ3v) is 4.57. The first kappa shape index (κ1) is 18.1. The van der Waals surface area contributed by atoms with Crippen LogP contribution in [0.4, 0.5) is 18.9 Å². The van der Waals surface area contributed by atoms with E-state index in [4.69, 9.17) is 0 Å². The summed E-state index contributed by atoms with van der Waals surface area (Å²) in [6, 6.07) is 11.8. The van der Waals surface area contributed by atoms with E-state index >= 15 is 0 Å². The van der Waals surface area contributed by atoms with Gasteiger partial charge in [-0.15, -0.1) is 0 Å². The molecule has 8 heteroatoms. The van der Waals surface area contributed by atoms with Crippen LogP contribution < -0.4 is 10.1 Å². The van der Waals surface area contributed by atoms with E-state index in [1.54, 1.807) is 22.9 Å². The predicted molar refractivity (Wildman–Crippen MR) is 96.6 cm³/mol. The van der Waals surface area contributed by atoms with E-state index in [-0.39, 0.29) is 22.9 Å². The molecule has 5 nitrogen and oxygen atoms in total. The van der Waals surface area contributed by atoms with Gasteiger partial charge in [-0.1, -0.05) is 12.1 Å². The number of alkyl halides is 2. The Balaban J connectivity index is 1.66. The van der Waals surface area contributed by atoms with Crippen molar-refractivity contribution < 1.29 is 22.7 Å². The number of rotatable bonds is 5. The summed E-state index contributed by atoms with van der Waals surface area (Å²) in [4.78, 5) is 12.8. The van der Waals surface area contributed by atoms with Crippen molar-refractivity contribution in [2.75, 3.05) is 5.32 Å². The molecule has 0 bridgehead atoms. The van der Waals surface area contributed by atoms with Crippen molar-refractivity contribution in [1.82, 2.24) is 9.78 Å². The molecule has 1 amide bonds. The molecule has 28 heavy (non-hydrogen) atoms. The van der Waals surface area contributed by atoms with Crippen molar-refractivity contribution in [2.24, 2.45) is 0 Å². The summed E-state index contributed by atoms with van der Waals surface area (Å²) in [6.07, 6.45) is 2.31. The van der Waals surface area contributed by atoms with Crippen LogP contribution in [0.1, 0.15) is 28.2 Å². The maximum Gasteiger partial charge on any atom is 0.387 e. The summed E-state index contributed by atoms with van der Waals surface area (Å²) in [6.45, 7) is -3.00. The average molecular weight is 387 g/mol. The lowest BCUT2D eigenvalue weighted by Gasteiger charge is -2.11. The minimum absolute atomic E-state index is 0.125. The van der Waals surface area contributed by atoms with E-state index in [1.165, 1.54) is 30.3 Å². The number of aromatic nitrogens is 2. The Kier molecular flexibility index (Phi) is 4.77. The van der Waals surface area contributed by atoms with Gasteiger partial charge in [-0.25, -0.2) is 9.07 Å². The van der Waals surface area contributed by atoms with Crippen LogP contribution >= 0.6 is 0 Å². The highest BCUT2D eigenvalue weighted by molar-refractivity contribution is 6.05. The number of halogens is 3. The highest BCUT2D eigenvalue weighted by Crippen LogP contribution is 2.30. The van der Waals surface area contributed by atoms with E-state index in [0.29, 0.717) is 12.1 Å². The maximum atomic E-state index is 13.2. The topological polar surface area (TPSA) is 56.1 Å². The first-order valence-corrected chi connectivity index (χ1v) is 8.75. The molecule has 1 aliphatic carbocycles. The lowest BCUT2D eigenvalue weighted by atomic mass is 10.2. The van der Waals surface area contributed by atoms with Crippen molar-refractivity contribution in [1.29, 1.82) is 0 Å². The van der Waals surface area contributed by atoms with Gasteiger partial charge >= 0.3 is 6.61 Å². The molecule has 144 valence electrons. The van der Waals surface area contributed by atoms with Gasteiger partial charge in [0.2, 0.25) is 0 Å². The van der Waals surface area contributed by atoms with E-state index < -0.39 is 12.5 Å². The molecule has 1 aromatic heterocycles. The molecule has 0 atom stereocenters. The average Bonchev–Trinajstić information content (AvgIpc) is 3.26. The summed E-state index contributed by atoms with van der Waals surface area (Å²) in [5.41, 5.74) is 2.72. The largest absolute Gasteiger partial charge is 0.433 e. The van der Waals surface area contributed by atoms with Gasteiger partial charge in [0.15, 0.2) is 5.69 Å². The second kappa shape index (κ2) is 7.38. The van der Waals surface area contributed by atoms with Crippen molar-refractivity contribution in [3.05, 3.63) is 71.3 Å². The zero-order valence-corrected chi connectivity index (χ0v) is 14.7. The number of amides is 1. The Morgan fingerprint density at radius 3 is 2.61 bits per heavy atom. The zero-order valence-electron chi connectivity index (χ0n) is 14.7. The molecule has 4 rings (SSSR count). The van der Waals surface area contributed by atoms with Crippen molar-refractivity contribution in [3.63, 3.8) is 0 Å². The van der Waals surface area contributed by atoms with Crippen LogP contribution in [-0.2, 0) is 12.8 Å². The van der Waals surface area contributed by atoms with Gasteiger partial charge < -0.3 is 10.1 Å². The van der Waals surface area contributed by atoms with Crippen molar-refractivity contribution in [3.8, 4) is 11.4 Å². The van der Waals surface area contributed by atoms with Gasteiger partial charge in [0.05, 0.1) is 11.4 Å². The molecular formula is C20H16F3N3O2. The second-order valence-electron chi connectivity index (χ2n) is 6.34. The SMILES string of the molecule is O=C(Nc1ccccc1OC(F)F)c1nn(-c2ccc(F)cc2)c2c1CCC2. The summed E-state index contributed by atoms with van der Waals surface area (Å²) < 4.78 is 44.5. The lowest BCUT2D eigenvalue weighted by molar-refractivity contribution is -0.0493. The molecule has 0 spiro atoms. The van der Waals surface area contributed by atoms with Crippen LogP contribution in [-0.4, -0.2) is 22.3 Å². The van der Waals surface area contributed by atoms with Crippen molar-refractivity contribution in [2.45, 2.75) is 25.9 Å². The number of carbonyl (C=O) groups is 1. The minimum Gasteiger partial charge on any atom is -0.433 e. The molecule has 1 heterocycles. The molecule has 0 saturated heterocycles. The number of fused-ring (bicyclic) bond motifs is 1. The second-order valence-corrected chi connectivity index (χ2v) is 6.34. The molecule has 1 N–H and O–H groups in total. The number of hydrogen-bond acceptors (Lipinski definition) is 3. The number of carbonyl (C=O) groups excluding carboxylic acids is 1. The summed E-state index contributed by atoms with van der Waals surface area (Å²) >= 11 is 0.